The van der Waals surface area contributed by atoms with E-state index in [0.29, 0.717) is 69.4 Å². The first-order valence-electron chi connectivity index (χ1n) is 19.2. The lowest BCUT2D eigenvalue weighted by molar-refractivity contribution is -0.158. The van der Waals surface area contributed by atoms with Crippen LogP contribution in [0, 0.1) is 25.2 Å². The van der Waals surface area contributed by atoms with Crippen molar-refractivity contribution >= 4 is 34.7 Å². The Labute approximate surface area is 333 Å². The molecule has 4 aromatic rings. The molecule has 8 atom stereocenters. The number of fused-ring (bicyclic) bond motifs is 11. The van der Waals surface area contributed by atoms with Gasteiger partial charge in [-0.1, -0.05) is 24.3 Å². The normalized spacial score (nSPS) is 29.8. The second-order valence-electron chi connectivity index (χ2n) is 15.9. The summed E-state index contributed by atoms with van der Waals surface area (Å²) in [5.41, 5.74) is 10.9. The Bertz CT molecular complexity index is 2450. The minimum atomic E-state index is -1.46. The molecule has 15 heteroatoms. The van der Waals surface area contributed by atoms with Crippen LogP contribution in [0.25, 0.3) is 11.0 Å². The molecule has 3 aromatic carbocycles. The Morgan fingerprint density at radius 3 is 2.68 bits per heavy atom. The van der Waals surface area contributed by atoms with Gasteiger partial charge in [-0.25, -0.2) is 4.79 Å². The number of phenolic OH excluding ortho intramolecular Hbond substituents is 1. The molecule has 4 N–H and O–H groups in total. The number of aryl methyl sites for hydroxylation is 1. The second-order valence-corrected chi connectivity index (χ2v) is 17.0. The van der Waals surface area contributed by atoms with E-state index in [2.05, 4.69) is 27.3 Å². The molecule has 2 fully saturated rings. The molecule has 7 aliphatic heterocycles. The van der Waals surface area contributed by atoms with Gasteiger partial charge >= 0.3 is 11.9 Å². The van der Waals surface area contributed by atoms with E-state index in [1.54, 1.807) is 7.11 Å². The largest absolute Gasteiger partial charge is 0.504 e. The fourth-order valence-corrected chi connectivity index (χ4v) is 12.4. The molecule has 1 unspecified atom stereocenters. The first-order chi connectivity index (χ1) is 27.5. The molecule has 57 heavy (non-hydrogen) atoms. The minimum absolute atomic E-state index is 0.0491. The van der Waals surface area contributed by atoms with Crippen LogP contribution in [0.15, 0.2) is 34.7 Å². The summed E-state index contributed by atoms with van der Waals surface area (Å²) in [6.45, 7) is 5.13. The van der Waals surface area contributed by atoms with Crippen LogP contribution in [0.4, 0.5) is 0 Å². The lowest BCUT2D eigenvalue weighted by atomic mass is 9.71. The van der Waals surface area contributed by atoms with E-state index in [1.807, 2.05) is 45.2 Å². The van der Waals surface area contributed by atoms with Gasteiger partial charge in [-0.05, 0) is 50.9 Å². The van der Waals surface area contributed by atoms with Crippen LogP contribution < -0.4 is 30.0 Å². The predicted molar refractivity (Wildman–Crippen MR) is 208 cm³/mol. The number of carbonyl (C=O) groups is 2. The highest BCUT2D eigenvalue weighted by Gasteiger charge is 2.62. The van der Waals surface area contributed by atoms with Crippen molar-refractivity contribution in [2.45, 2.75) is 80.7 Å². The number of nitrogens with zero attached hydrogens (tertiary/aromatic N) is 3. The summed E-state index contributed by atoms with van der Waals surface area (Å²) in [5, 5.41) is 27.2. The van der Waals surface area contributed by atoms with Crippen molar-refractivity contribution in [3.05, 3.63) is 75.0 Å². The van der Waals surface area contributed by atoms with Crippen LogP contribution in [0.2, 0.25) is 0 Å². The van der Waals surface area contributed by atoms with Gasteiger partial charge in [-0.15, -0.1) is 11.8 Å². The lowest BCUT2D eigenvalue weighted by Crippen LogP contribution is -2.69. The summed E-state index contributed by atoms with van der Waals surface area (Å²) in [4.78, 5) is 32.4. The van der Waals surface area contributed by atoms with Crippen molar-refractivity contribution in [3.63, 3.8) is 0 Å². The number of thioether (sulfide) groups is 1. The average molecular weight is 794 g/mol. The molecular formula is C42H43N5O9S. The number of nitriles is 1. The molecule has 2 saturated heterocycles. The number of ether oxygens (including phenoxy) is 5. The molecule has 296 valence electrons. The van der Waals surface area contributed by atoms with E-state index >= 15 is 4.79 Å². The number of nitrogens with two attached hydrogens (primary N) is 1. The number of phenols is 1. The number of furan rings is 1. The maximum absolute atomic E-state index is 15.0. The highest BCUT2D eigenvalue weighted by Crippen LogP contribution is 2.64. The predicted octanol–water partition coefficient (Wildman–Crippen LogP) is 4.35. The summed E-state index contributed by atoms with van der Waals surface area (Å²) in [6.07, 6.45) is 1.05. The topological polar surface area (TPSA) is 182 Å². The Hall–Kier alpha value is -4.98. The monoisotopic (exact) mass is 793 g/mol. The molecule has 7 aliphatic rings. The number of esters is 2. The third-order valence-corrected chi connectivity index (χ3v) is 14.5. The van der Waals surface area contributed by atoms with Crippen LogP contribution >= 0.6 is 11.8 Å². The van der Waals surface area contributed by atoms with Gasteiger partial charge in [0.15, 0.2) is 28.5 Å². The Balaban J connectivity index is 1.26. The molecule has 1 aromatic heterocycles. The number of benzene rings is 3. The number of aromatic hydroxyl groups is 1. The summed E-state index contributed by atoms with van der Waals surface area (Å²) in [7, 11) is 3.54. The molecule has 11 rings (SSSR count). The summed E-state index contributed by atoms with van der Waals surface area (Å²) >= 11 is 1.49. The number of para-hydroxylation sites is 1. The van der Waals surface area contributed by atoms with Crippen LogP contribution in [0.1, 0.15) is 69.0 Å². The van der Waals surface area contributed by atoms with Gasteiger partial charge in [-0.3, -0.25) is 19.9 Å². The quantitative estimate of drug-likeness (QED) is 0.197. The molecule has 0 aliphatic carbocycles. The molecule has 1 spiro atoms. The number of piperazine rings is 1. The zero-order chi connectivity index (χ0) is 39.7. The van der Waals surface area contributed by atoms with E-state index in [4.69, 9.17) is 33.8 Å². The second kappa shape index (κ2) is 13.0. The maximum Gasteiger partial charge on any atom is 0.335 e. The fraction of sp³-hybridized carbons (Fsp3) is 0.452. The van der Waals surface area contributed by atoms with Crippen LogP contribution in [0.3, 0.4) is 0 Å². The van der Waals surface area contributed by atoms with Crippen LogP contribution in [-0.4, -0.2) is 90.9 Å². The molecule has 0 amide bonds. The van der Waals surface area contributed by atoms with Gasteiger partial charge in [0.05, 0.1) is 30.5 Å². The number of methoxy groups -OCH3 is 1. The summed E-state index contributed by atoms with van der Waals surface area (Å²) in [6, 6.07) is 9.42. The highest BCUT2D eigenvalue weighted by atomic mass is 32.2. The number of hydrogen-bond donors (Lipinski definition) is 3. The molecule has 8 heterocycles. The minimum Gasteiger partial charge on any atom is -0.504 e. The van der Waals surface area contributed by atoms with Gasteiger partial charge in [0.1, 0.15) is 29.7 Å². The first-order valence-corrected chi connectivity index (χ1v) is 20.3. The van der Waals surface area contributed by atoms with Gasteiger partial charge < -0.3 is 38.9 Å². The van der Waals surface area contributed by atoms with Crippen molar-refractivity contribution in [1.29, 1.82) is 5.26 Å². The van der Waals surface area contributed by atoms with Crippen molar-refractivity contribution in [3.8, 4) is 34.8 Å². The lowest BCUT2D eigenvalue weighted by Gasteiger charge is -2.62. The zero-order valence-corrected chi connectivity index (χ0v) is 33.0. The van der Waals surface area contributed by atoms with Gasteiger partial charge in [0, 0.05) is 70.6 Å². The van der Waals surface area contributed by atoms with E-state index in [0.717, 1.165) is 22.1 Å². The Kier molecular flexibility index (Phi) is 8.31. The highest BCUT2D eigenvalue weighted by molar-refractivity contribution is 7.99. The Morgan fingerprint density at radius 2 is 1.93 bits per heavy atom. The average Bonchev–Trinajstić information content (AvgIpc) is 3.84. The number of rotatable bonds is 3. The molecule has 0 saturated carbocycles. The molecule has 4 bridgehead atoms. The van der Waals surface area contributed by atoms with E-state index in [9.17, 15) is 15.2 Å². The smallest absolute Gasteiger partial charge is 0.335 e. The van der Waals surface area contributed by atoms with Gasteiger partial charge in [0.25, 0.3) is 0 Å². The standard InChI is InChI=1S/C42H43N5O9S/c1-18-10-21-11-25-26(14-44)47-27-15-52-41(50)42(40-24(12-22(13-43)45-42)23-8-6-7-9-28(23)56-40)16-57-39(33(47)32(46(25)4)29(21)34(49)35(18)51-5)31-30(27)38-37(53-17-54-38)19(2)36(31)55-20(3)48/h6-10,22,25-27,32-33,39,45,49H,11-13,15-17,43H2,1-5H3/t22-,25+,26+,27+,32-,33?,39-,42-/m1/s1. The van der Waals surface area contributed by atoms with Crippen LogP contribution in [0.5, 0.6) is 28.7 Å². The molecule has 14 nitrogen and oxygen atoms in total. The summed E-state index contributed by atoms with van der Waals surface area (Å²) < 4.78 is 37.4. The Morgan fingerprint density at radius 1 is 1.14 bits per heavy atom. The van der Waals surface area contributed by atoms with Crippen LogP contribution in [-0.2, 0) is 32.7 Å². The maximum atomic E-state index is 15.0. The van der Waals surface area contributed by atoms with Crippen molar-refractivity contribution in [1.82, 2.24) is 15.1 Å². The first kappa shape index (κ1) is 36.4. The van der Waals surface area contributed by atoms with Crippen molar-refractivity contribution in [2.24, 2.45) is 5.73 Å². The SMILES string of the molecule is COc1c(C)cc2c(c1O)[C@@H]1C3[C@@H]4SC[C@]5(N[C@@H](CN)Cc6c5oc5ccccc65)C(=O)OC[C@@H](c5c6c(c(C)c(OC(C)=O)c54)OCO6)N3[C@@H](C#N)[C@H](C2)N1C. The number of nitrogens with one attached hydrogen (secondary N) is 1. The fourth-order valence-electron chi connectivity index (χ4n) is 10.7. The van der Waals surface area contributed by atoms with Gasteiger partial charge in [0.2, 0.25) is 6.79 Å². The van der Waals surface area contributed by atoms with E-state index in [1.165, 1.54) is 18.7 Å². The third kappa shape index (κ3) is 4.91. The van der Waals surface area contributed by atoms with E-state index < -0.39 is 46.9 Å². The zero-order valence-electron chi connectivity index (χ0n) is 32.2. The number of carbonyl (C=O) groups excluding carboxylic acids is 2. The third-order valence-electron chi connectivity index (χ3n) is 13.0. The van der Waals surface area contributed by atoms with E-state index in [-0.39, 0.29) is 43.5 Å². The molecule has 0 radical (unpaired) electrons. The van der Waals surface area contributed by atoms with Crippen molar-refractivity contribution < 1.29 is 42.8 Å². The molecular weight excluding hydrogens is 751 g/mol. The van der Waals surface area contributed by atoms with Crippen molar-refractivity contribution in [2.75, 3.05) is 39.9 Å². The van der Waals surface area contributed by atoms with Gasteiger partial charge in [-0.2, -0.15) is 5.26 Å². The summed E-state index contributed by atoms with van der Waals surface area (Å²) in [5.74, 6) is 1.25. The number of likely N-dealkylation sites (N-methyl/N-ethyl adjacent to an activating group) is 1. The number of hydrogen-bond acceptors (Lipinski definition) is 15.